The number of thioether (sulfide) groups is 1. The van der Waals surface area contributed by atoms with Gasteiger partial charge in [0.25, 0.3) is 5.91 Å². The van der Waals surface area contributed by atoms with E-state index in [4.69, 9.17) is 4.74 Å². The van der Waals surface area contributed by atoms with Crippen molar-refractivity contribution in [3.63, 3.8) is 0 Å². The lowest BCUT2D eigenvalue weighted by Crippen LogP contribution is -2.36. The smallest absolute Gasteiger partial charge is 0.258 e. The highest BCUT2D eigenvalue weighted by Crippen LogP contribution is 2.33. The van der Waals surface area contributed by atoms with Crippen LogP contribution < -0.4 is 9.64 Å². The van der Waals surface area contributed by atoms with Gasteiger partial charge in [-0.25, -0.2) is 4.98 Å². The Morgan fingerprint density at radius 3 is 2.93 bits per heavy atom. The Hall–Kier alpha value is -2.31. The second-order valence-corrected chi connectivity index (χ2v) is 8.84. The highest BCUT2D eigenvalue weighted by Gasteiger charge is 2.25. The molecule has 6 heteroatoms. The minimum Gasteiger partial charge on any atom is -0.497 e. The molecule has 0 saturated carbocycles. The van der Waals surface area contributed by atoms with Gasteiger partial charge in [-0.3, -0.25) is 4.79 Å². The average molecular weight is 411 g/mol. The lowest BCUT2D eigenvalue weighted by molar-refractivity contribution is 0.0984. The molecule has 3 aromatic rings. The zero-order valence-electron chi connectivity index (χ0n) is 16.0. The molecule has 0 fully saturated rings. The standard InChI is InChI=1S/C22H22N2O2S2/c1-15-13-27-22(23-15)28-14-17-6-3-4-8-19(17)21(25)24-11-5-7-16-12-18(26-2)9-10-20(16)24/h3-4,6,8-10,12-13H,5,7,11,14H2,1-2H3. The first-order chi connectivity index (χ1) is 13.7. The molecule has 0 saturated heterocycles. The third-order valence-electron chi connectivity index (χ3n) is 4.85. The number of aryl methyl sites for hydroxylation is 2. The van der Waals surface area contributed by atoms with E-state index < -0.39 is 0 Å². The summed E-state index contributed by atoms with van der Waals surface area (Å²) < 4.78 is 6.38. The van der Waals surface area contributed by atoms with Gasteiger partial charge in [0.15, 0.2) is 0 Å². The Labute approximate surface area is 173 Å². The zero-order valence-corrected chi connectivity index (χ0v) is 17.6. The SMILES string of the molecule is COc1ccc2c(c1)CCCN2C(=O)c1ccccc1CSc1nc(C)cs1. The molecule has 0 unspecified atom stereocenters. The van der Waals surface area contributed by atoms with Crippen LogP contribution >= 0.6 is 23.1 Å². The van der Waals surface area contributed by atoms with Crippen LogP contribution in [0, 0.1) is 6.92 Å². The minimum absolute atomic E-state index is 0.0673. The molecule has 4 rings (SSSR count). The molecule has 144 valence electrons. The fourth-order valence-corrected chi connectivity index (χ4v) is 5.30. The van der Waals surface area contributed by atoms with Gasteiger partial charge in [-0.15, -0.1) is 11.3 Å². The topological polar surface area (TPSA) is 42.4 Å². The van der Waals surface area contributed by atoms with Crippen LogP contribution in [0.3, 0.4) is 0 Å². The maximum atomic E-state index is 13.4. The first kappa shape index (κ1) is 19.0. The molecule has 0 aliphatic carbocycles. The van der Waals surface area contributed by atoms with E-state index in [-0.39, 0.29) is 5.91 Å². The van der Waals surface area contributed by atoms with Crippen molar-refractivity contribution in [2.45, 2.75) is 29.9 Å². The average Bonchev–Trinajstić information content (AvgIpc) is 3.16. The van der Waals surface area contributed by atoms with Gasteiger partial charge in [-0.2, -0.15) is 0 Å². The molecule has 1 amide bonds. The third-order valence-corrected chi connectivity index (χ3v) is 7.03. The van der Waals surface area contributed by atoms with E-state index in [1.165, 1.54) is 5.56 Å². The van der Waals surface area contributed by atoms with Gasteiger partial charge in [0.05, 0.1) is 7.11 Å². The van der Waals surface area contributed by atoms with Gasteiger partial charge in [0.2, 0.25) is 0 Å². The van der Waals surface area contributed by atoms with E-state index in [1.54, 1.807) is 30.2 Å². The molecular formula is C22H22N2O2S2. The second-order valence-electron chi connectivity index (χ2n) is 6.76. The zero-order chi connectivity index (χ0) is 19.5. The summed E-state index contributed by atoms with van der Waals surface area (Å²) in [5, 5.41) is 2.05. The first-order valence-corrected chi connectivity index (χ1v) is 11.1. The number of anilines is 1. The lowest BCUT2D eigenvalue weighted by Gasteiger charge is -2.30. The molecule has 0 atom stereocenters. The summed E-state index contributed by atoms with van der Waals surface area (Å²) in [7, 11) is 1.67. The van der Waals surface area contributed by atoms with Crippen molar-refractivity contribution in [3.05, 3.63) is 70.2 Å². The van der Waals surface area contributed by atoms with Gasteiger partial charge < -0.3 is 9.64 Å². The maximum absolute atomic E-state index is 13.4. The minimum atomic E-state index is 0.0673. The van der Waals surface area contributed by atoms with Crippen LogP contribution in [0.5, 0.6) is 5.75 Å². The summed E-state index contributed by atoms with van der Waals surface area (Å²) in [6.45, 7) is 2.74. The van der Waals surface area contributed by atoms with Crippen molar-refractivity contribution < 1.29 is 9.53 Å². The van der Waals surface area contributed by atoms with Gasteiger partial charge in [0.1, 0.15) is 10.1 Å². The van der Waals surface area contributed by atoms with Crippen LogP contribution in [0.4, 0.5) is 5.69 Å². The molecule has 0 bridgehead atoms. The van der Waals surface area contributed by atoms with Crippen LogP contribution in [0.25, 0.3) is 0 Å². The van der Waals surface area contributed by atoms with Crippen molar-refractivity contribution in [1.82, 2.24) is 4.98 Å². The van der Waals surface area contributed by atoms with Gasteiger partial charge in [-0.1, -0.05) is 30.0 Å². The Bertz CT molecular complexity index is 1000. The molecule has 0 N–H and O–H groups in total. The number of fused-ring (bicyclic) bond motifs is 1. The molecule has 1 aromatic heterocycles. The van der Waals surface area contributed by atoms with Crippen molar-refractivity contribution in [1.29, 1.82) is 0 Å². The summed E-state index contributed by atoms with van der Waals surface area (Å²) in [5.74, 6) is 1.64. The molecule has 4 nitrogen and oxygen atoms in total. The van der Waals surface area contributed by atoms with E-state index in [0.717, 1.165) is 57.7 Å². The molecular weight excluding hydrogens is 388 g/mol. The number of aromatic nitrogens is 1. The predicted octanol–water partition coefficient (Wildman–Crippen LogP) is 5.35. The van der Waals surface area contributed by atoms with E-state index in [1.807, 2.05) is 54.3 Å². The van der Waals surface area contributed by atoms with E-state index in [9.17, 15) is 4.79 Å². The number of hydrogen-bond acceptors (Lipinski definition) is 5. The summed E-state index contributed by atoms with van der Waals surface area (Å²) in [5.41, 5.74) is 5.02. The number of methoxy groups -OCH3 is 1. The predicted molar refractivity (Wildman–Crippen MR) is 116 cm³/mol. The molecule has 0 spiro atoms. The fraction of sp³-hybridized carbons (Fsp3) is 0.273. The maximum Gasteiger partial charge on any atom is 0.258 e. The molecule has 2 aromatic carbocycles. The normalized spacial score (nSPS) is 13.3. The molecule has 1 aliphatic rings. The molecule has 1 aliphatic heterocycles. The highest BCUT2D eigenvalue weighted by atomic mass is 32.2. The highest BCUT2D eigenvalue weighted by molar-refractivity contribution is 8.00. The summed E-state index contributed by atoms with van der Waals surface area (Å²) in [4.78, 5) is 19.8. The quantitative estimate of drug-likeness (QED) is 0.532. The summed E-state index contributed by atoms with van der Waals surface area (Å²) in [6.07, 6.45) is 1.93. The van der Waals surface area contributed by atoms with Gasteiger partial charge in [0, 0.05) is 34.6 Å². The Balaban J connectivity index is 1.59. The van der Waals surface area contributed by atoms with Crippen LogP contribution in [-0.2, 0) is 12.2 Å². The van der Waals surface area contributed by atoms with Gasteiger partial charge in [-0.05, 0) is 55.2 Å². The van der Waals surface area contributed by atoms with Crippen LogP contribution in [0.1, 0.15) is 33.6 Å². The van der Waals surface area contributed by atoms with Crippen LogP contribution in [0.2, 0.25) is 0 Å². The molecule has 2 heterocycles. The number of nitrogens with zero attached hydrogens (tertiary/aromatic N) is 2. The fourth-order valence-electron chi connectivity index (χ4n) is 3.45. The summed E-state index contributed by atoms with van der Waals surface area (Å²) in [6, 6.07) is 13.9. The molecule has 0 radical (unpaired) electrons. The number of ether oxygens (including phenoxy) is 1. The largest absolute Gasteiger partial charge is 0.497 e. The molecule has 28 heavy (non-hydrogen) atoms. The van der Waals surface area contributed by atoms with Crippen LogP contribution in [0.15, 0.2) is 52.2 Å². The Morgan fingerprint density at radius 2 is 2.14 bits per heavy atom. The Morgan fingerprint density at radius 1 is 1.29 bits per heavy atom. The van der Waals surface area contributed by atoms with E-state index in [0.29, 0.717) is 0 Å². The van der Waals surface area contributed by atoms with Crippen molar-refractivity contribution >= 4 is 34.7 Å². The number of rotatable bonds is 5. The van der Waals surface area contributed by atoms with E-state index in [2.05, 4.69) is 10.4 Å². The number of thiazole rings is 1. The van der Waals surface area contributed by atoms with Crippen LogP contribution in [-0.4, -0.2) is 24.5 Å². The van der Waals surface area contributed by atoms with Crippen molar-refractivity contribution in [2.75, 3.05) is 18.6 Å². The third kappa shape index (κ3) is 3.93. The summed E-state index contributed by atoms with van der Waals surface area (Å²) >= 11 is 3.33. The second kappa shape index (κ2) is 8.37. The number of benzene rings is 2. The number of hydrogen-bond donors (Lipinski definition) is 0. The van der Waals surface area contributed by atoms with Crippen molar-refractivity contribution in [2.24, 2.45) is 0 Å². The van der Waals surface area contributed by atoms with Gasteiger partial charge >= 0.3 is 0 Å². The Kier molecular flexibility index (Phi) is 5.69. The first-order valence-electron chi connectivity index (χ1n) is 9.27. The van der Waals surface area contributed by atoms with Crippen molar-refractivity contribution in [3.8, 4) is 5.75 Å². The lowest BCUT2D eigenvalue weighted by atomic mass is 9.99. The number of carbonyl (C=O) groups is 1. The van der Waals surface area contributed by atoms with E-state index >= 15 is 0 Å². The number of amides is 1. The number of carbonyl (C=O) groups excluding carboxylic acids is 1. The monoisotopic (exact) mass is 410 g/mol.